The Bertz CT molecular complexity index is 834. The Morgan fingerprint density at radius 3 is 2.48 bits per heavy atom. The van der Waals surface area contributed by atoms with Crippen molar-refractivity contribution in [1.82, 2.24) is 20.1 Å². The van der Waals surface area contributed by atoms with Crippen LogP contribution in [0.2, 0.25) is 0 Å². The number of nitrogens with zero attached hydrogens (tertiary/aromatic N) is 2. The molecular weight excluding hydrogens is 346 g/mol. The molecule has 3 N–H and O–H groups in total. The van der Waals surface area contributed by atoms with Crippen LogP contribution in [0.5, 0.6) is 0 Å². The summed E-state index contributed by atoms with van der Waals surface area (Å²) in [4.78, 5) is 12.6. The van der Waals surface area contributed by atoms with E-state index in [-0.39, 0.29) is 16.6 Å². The third kappa shape index (κ3) is 4.67. The molecule has 2 rings (SSSR count). The number of hydrogen-bond acceptors (Lipinski definition) is 6. The number of aryl methyl sites for hydroxylation is 3. The third-order valence-corrected chi connectivity index (χ3v) is 5.26. The van der Waals surface area contributed by atoms with Gasteiger partial charge in [0.15, 0.2) is 5.82 Å². The standard InChI is InChI=1S/C15H23N5O4S/c1-8(2)6-12(15(21)16-13-7-9(3)24-19-13)20-25(22,23)14-10(4)17-18-11(14)5/h7-8,12,20H,6H2,1-5H3,(H,17,18)(H,16,19,21)/t12-/m1/s1. The highest BCUT2D eigenvalue weighted by Crippen LogP contribution is 2.19. The average molecular weight is 369 g/mol. The lowest BCUT2D eigenvalue weighted by atomic mass is 10.0. The first-order valence-electron chi connectivity index (χ1n) is 7.88. The smallest absolute Gasteiger partial charge is 0.244 e. The molecule has 0 saturated heterocycles. The second kappa shape index (κ2) is 7.36. The van der Waals surface area contributed by atoms with E-state index >= 15 is 0 Å². The minimum Gasteiger partial charge on any atom is -0.360 e. The summed E-state index contributed by atoms with van der Waals surface area (Å²) in [6.45, 7) is 8.71. The number of sulfonamides is 1. The van der Waals surface area contributed by atoms with Crippen LogP contribution in [0, 0.1) is 26.7 Å². The van der Waals surface area contributed by atoms with E-state index < -0.39 is 22.0 Å². The van der Waals surface area contributed by atoms with E-state index in [0.29, 0.717) is 23.6 Å². The zero-order chi connectivity index (χ0) is 18.8. The van der Waals surface area contributed by atoms with Crippen molar-refractivity contribution in [2.75, 3.05) is 5.32 Å². The van der Waals surface area contributed by atoms with Crippen molar-refractivity contribution in [3.63, 3.8) is 0 Å². The quantitative estimate of drug-likeness (QED) is 0.680. The summed E-state index contributed by atoms with van der Waals surface area (Å²) in [5, 5.41) is 12.8. The van der Waals surface area contributed by atoms with Crippen molar-refractivity contribution in [2.24, 2.45) is 5.92 Å². The summed E-state index contributed by atoms with van der Waals surface area (Å²) in [5.74, 6) is 0.389. The van der Waals surface area contributed by atoms with E-state index in [9.17, 15) is 13.2 Å². The molecule has 9 nitrogen and oxygen atoms in total. The van der Waals surface area contributed by atoms with Crippen molar-refractivity contribution in [2.45, 2.75) is 52.0 Å². The highest BCUT2D eigenvalue weighted by atomic mass is 32.2. The maximum Gasteiger partial charge on any atom is 0.244 e. The number of hydrogen-bond donors (Lipinski definition) is 3. The van der Waals surface area contributed by atoms with Crippen LogP contribution in [-0.4, -0.2) is 35.7 Å². The van der Waals surface area contributed by atoms with E-state index in [4.69, 9.17) is 4.52 Å². The molecule has 1 amide bonds. The van der Waals surface area contributed by atoms with Gasteiger partial charge in [-0.25, -0.2) is 8.42 Å². The van der Waals surface area contributed by atoms with E-state index in [0.717, 1.165) is 0 Å². The predicted molar refractivity (Wildman–Crippen MR) is 91.5 cm³/mol. The molecule has 0 aliphatic rings. The second-order valence-corrected chi connectivity index (χ2v) is 8.03. The maximum atomic E-state index is 12.7. The van der Waals surface area contributed by atoms with Gasteiger partial charge in [0.05, 0.1) is 11.4 Å². The first-order valence-corrected chi connectivity index (χ1v) is 9.36. The number of rotatable bonds is 7. The van der Waals surface area contributed by atoms with Gasteiger partial charge in [0.25, 0.3) is 0 Å². The number of aromatic amines is 1. The number of carbonyl (C=O) groups is 1. The maximum absolute atomic E-state index is 12.7. The molecule has 2 aromatic rings. The van der Waals surface area contributed by atoms with Gasteiger partial charge < -0.3 is 9.84 Å². The van der Waals surface area contributed by atoms with Gasteiger partial charge in [-0.1, -0.05) is 19.0 Å². The molecule has 25 heavy (non-hydrogen) atoms. The fraction of sp³-hybridized carbons (Fsp3) is 0.533. The summed E-state index contributed by atoms with van der Waals surface area (Å²) in [6, 6.07) is 0.610. The first kappa shape index (κ1) is 19.1. The normalized spacial score (nSPS) is 13.2. The van der Waals surface area contributed by atoms with Crippen molar-refractivity contribution < 1.29 is 17.7 Å². The molecule has 1 atom stereocenters. The average Bonchev–Trinajstić information content (AvgIpc) is 3.03. The van der Waals surface area contributed by atoms with Gasteiger partial charge in [0, 0.05) is 6.07 Å². The molecule has 138 valence electrons. The van der Waals surface area contributed by atoms with Gasteiger partial charge in [-0.3, -0.25) is 9.89 Å². The molecule has 0 fully saturated rings. The van der Waals surface area contributed by atoms with Gasteiger partial charge in [-0.15, -0.1) is 0 Å². The lowest BCUT2D eigenvalue weighted by Gasteiger charge is -2.19. The highest BCUT2D eigenvalue weighted by Gasteiger charge is 2.30. The Morgan fingerprint density at radius 1 is 1.32 bits per heavy atom. The van der Waals surface area contributed by atoms with Gasteiger partial charge >= 0.3 is 0 Å². The van der Waals surface area contributed by atoms with Crippen molar-refractivity contribution in [3.8, 4) is 0 Å². The second-order valence-electron chi connectivity index (χ2n) is 6.38. The fourth-order valence-corrected chi connectivity index (χ4v) is 4.08. The van der Waals surface area contributed by atoms with Crippen molar-refractivity contribution in [3.05, 3.63) is 23.2 Å². The number of anilines is 1. The Labute approximate surface area is 146 Å². The number of H-pyrrole nitrogens is 1. The zero-order valence-electron chi connectivity index (χ0n) is 14.9. The molecule has 10 heteroatoms. The number of nitrogens with one attached hydrogen (secondary N) is 3. The van der Waals surface area contributed by atoms with Crippen LogP contribution >= 0.6 is 0 Å². The topological polar surface area (TPSA) is 130 Å². The van der Waals surface area contributed by atoms with E-state index in [1.54, 1.807) is 26.8 Å². The lowest BCUT2D eigenvalue weighted by molar-refractivity contribution is -0.118. The fourth-order valence-electron chi connectivity index (χ4n) is 2.50. The zero-order valence-corrected chi connectivity index (χ0v) is 15.7. The molecule has 0 aliphatic carbocycles. The van der Waals surface area contributed by atoms with Crippen LogP contribution < -0.4 is 10.0 Å². The predicted octanol–water partition coefficient (Wildman–Crippen LogP) is 1.65. The van der Waals surface area contributed by atoms with Gasteiger partial charge in [-0.05, 0) is 33.1 Å². The van der Waals surface area contributed by atoms with Gasteiger partial charge in [-0.2, -0.15) is 9.82 Å². The van der Waals surface area contributed by atoms with Crippen LogP contribution in [0.25, 0.3) is 0 Å². The Morgan fingerprint density at radius 2 is 2.00 bits per heavy atom. The molecule has 0 unspecified atom stereocenters. The van der Waals surface area contributed by atoms with Crippen LogP contribution in [-0.2, 0) is 14.8 Å². The van der Waals surface area contributed by atoms with Crippen molar-refractivity contribution >= 4 is 21.7 Å². The molecule has 2 heterocycles. The lowest BCUT2D eigenvalue weighted by Crippen LogP contribution is -2.44. The molecule has 0 radical (unpaired) electrons. The molecule has 0 spiro atoms. The summed E-state index contributed by atoms with van der Waals surface area (Å²) in [7, 11) is -3.90. The van der Waals surface area contributed by atoms with E-state index in [1.807, 2.05) is 13.8 Å². The van der Waals surface area contributed by atoms with E-state index in [2.05, 4.69) is 25.4 Å². The van der Waals surface area contributed by atoms with Crippen LogP contribution in [0.15, 0.2) is 15.5 Å². The number of carbonyl (C=O) groups excluding carboxylic acids is 1. The Kier molecular flexibility index (Phi) is 5.63. The van der Waals surface area contributed by atoms with Gasteiger partial charge in [0.1, 0.15) is 16.7 Å². The third-order valence-electron chi connectivity index (χ3n) is 3.53. The molecule has 0 saturated carbocycles. The number of aromatic nitrogens is 3. The monoisotopic (exact) mass is 369 g/mol. The summed E-state index contributed by atoms with van der Waals surface area (Å²) >= 11 is 0. The molecule has 0 bridgehead atoms. The molecule has 2 aromatic heterocycles. The molecular formula is C15H23N5O4S. The van der Waals surface area contributed by atoms with E-state index in [1.165, 1.54) is 0 Å². The molecule has 0 aliphatic heterocycles. The number of amides is 1. The van der Waals surface area contributed by atoms with Crippen LogP contribution in [0.1, 0.15) is 37.4 Å². The highest BCUT2D eigenvalue weighted by molar-refractivity contribution is 7.89. The first-order chi connectivity index (χ1) is 11.6. The van der Waals surface area contributed by atoms with Gasteiger partial charge in [0.2, 0.25) is 15.9 Å². The van der Waals surface area contributed by atoms with Crippen LogP contribution in [0.4, 0.5) is 5.82 Å². The van der Waals surface area contributed by atoms with Crippen molar-refractivity contribution in [1.29, 1.82) is 0 Å². The summed E-state index contributed by atoms with van der Waals surface area (Å²) < 4.78 is 32.8. The Hall–Kier alpha value is -2.20. The summed E-state index contributed by atoms with van der Waals surface area (Å²) in [5.41, 5.74) is 0.765. The minimum absolute atomic E-state index is 0.0614. The summed E-state index contributed by atoms with van der Waals surface area (Å²) in [6.07, 6.45) is 0.331. The Balaban J connectivity index is 2.23. The van der Waals surface area contributed by atoms with Crippen LogP contribution in [0.3, 0.4) is 0 Å². The minimum atomic E-state index is -3.90. The largest absolute Gasteiger partial charge is 0.360 e. The molecule has 0 aromatic carbocycles. The SMILES string of the molecule is Cc1cc(NC(=O)[C@@H](CC(C)C)NS(=O)(=O)c2c(C)n[nH]c2C)no1.